The lowest BCUT2D eigenvalue weighted by Crippen LogP contribution is -2.13. The molecule has 0 saturated carbocycles. The van der Waals surface area contributed by atoms with Crippen LogP contribution in [0.15, 0.2) is 71.4 Å². The third-order valence-corrected chi connectivity index (χ3v) is 5.51. The van der Waals surface area contributed by atoms with Crippen LogP contribution in [0.5, 0.6) is 5.75 Å². The van der Waals surface area contributed by atoms with Crippen LogP contribution >= 0.6 is 0 Å². The lowest BCUT2D eigenvalue weighted by atomic mass is 9.83. The van der Waals surface area contributed by atoms with Crippen molar-refractivity contribution in [3.05, 3.63) is 88.1 Å². The summed E-state index contributed by atoms with van der Waals surface area (Å²) in [5.41, 5.74) is 4.36. The summed E-state index contributed by atoms with van der Waals surface area (Å²) in [6.07, 6.45) is 4.68. The van der Waals surface area contributed by atoms with Crippen molar-refractivity contribution in [3.63, 3.8) is 0 Å². The topological polar surface area (TPSA) is 82.0 Å². The molecule has 152 valence electrons. The lowest BCUT2D eigenvalue weighted by molar-refractivity contribution is -0.384. The van der Waals surface area contributed by atoms with Crippen molar-refractivity contribution >= 4 is 23.4 Å². The van der Waals surface area contributed by atoms with Crippen molar-refractivity contribution in [2.75, 3.05) is 7.11 Å². The Morgan fingerprint density at radius 1 is 1.17 bits per heavy atom. The highest BCUT2D eigenvalue weighted by atomic mass is 16.6. The number of nitro groups is 1. The molecule has 1 atom stereocenters. The summed E-state index contributed by atoms with van der Waals surface area (Å²) in [6, 6.07) is 16.3. The summed E-state index contributed by atoms with van der Waals surface area (Å²) < 4.78 is 7.24. The van der Waals surface area contributed by atoms with Crippen LogP contribution in [-0.4, -0.2) is 16.6 Å². The second kappa shape index (κ2) is 8.32. The fourth-order valence-electron chi connectivity index (χ4n) is 3.93. The van der Waals surface area contributed by atoms with Gasteiger partial charge in [-0.2, -0.15) is 0 Å². The average molecular weight is 402 g/mol. The number of methoxy groups -OCH3 is 1. The van der Waals surface area contributed by atoms with Gasteiger partial charge in [-0.05, 0) is 66.6 Å². The van der Waals surface area contributed by atoms with Gasteiger partial charge in [0.25, 0.3) is 5.69 Å². The summed E-state index contributed by atoms with van der Waals surface area (Å²) in [7, 11) is 1.67. The Bertz CT molecular complexity index is 1100. The molecule has 2 aromatic carbocycles. The molecule has 1 aromatic heterocycles. The van der Waals surface area contributed by atoms with Crippen LogP contribution in [0.1, 0.15) is 29.2 Å². The Balaban J connectivity index is 1.56. The van der Waals surface area contributed by atoms with Crippen molar-refractivity contribution in [2.24, 2.45) is 10.2 Å². The van der Waals surface area contributed by atoms with Crippen LogP contribution in [0.4, 0.5) is 17.2 Å². The lowest BCUT2D eigenvalue weighted by Gasteiger charge is -2.23. The molecule has 0 fully saturated rings. The average Bonchev–Trinajstić information content (AvgIpc) is 3.14. The molecule has 1 aliphatic carbocycles. The molecular formula is C23H22N4O3. The van der Waals surface area contributed by atoms with Gasteiger partial charge in [0.2, 0.25) is 0 Å². The van der Waals surface area contributed by atoms with Crippen molar-refractivity contribution < 1.29 is 9.66 Å². The van der Waals surface area contributed by atoms with E-state index in [-0.39, 0.29) is 5.69 Å². The van der Waals surface area contributed by atoms with Gasteiger partial charge in [-0.25, -0.2) is 0 Å². The molecule has 4 rings (SSSR count). The van der Waals surface area contributed by atoms with Gasteiger partial charge in [0.15, 0.2) is 5.82 Å². The molecule has 0 aliphatic heterocycles. The maximum absolute atomic E-state index is 10.8. The number of rotatable bonds is 6. The van der Waals surface area contributed by atoms with Crippen LogP contribution in [0.3, 0.4) is 0 Å². The molecule has 1 heterocycles. The largest absolute Gasteiger partial charge is 0.497 e. The summed E-state index contributed by atoms with van der Waals surface area (Å²) in [4.78, 5) is 10.3. The van der Waals surface area contributed by atoms with Crippen LogP contribution in [0.2, 0.25) is 0 Å². The predicted octanol–water partition coefficient (Wildman–Crippen LogP) is 6.19. The maximum Gasteiger partial charge on any atom is 0.269 e. The Labute approximate surface area is 174 Å². The molecule has 3 aromatic rings. The molecule has 0 saturated heterocycles. The Hall–Kier alpha value is -3.74. The van der Waals surface area contributed by atoms with Crippen molar-refractivity contribution in [3.8, 4) is 5.75 Å². The smallest absolute Gasteiger partial charge is 0.269 e. The molecule has 30 heavy (non-hydrogen) atoms. The zero-order chi connectivity index (χ0) is 21.1. The van der Waals surface area contributed by atoms with E-state index in [2.05, 4.69) is 35.0 Å². The minimum Gasteiger partial charge on any atom is -0.497 e. The zero-order valence-corrected chi connectivity index (χ0v) is 16.7. The highest BCUT2D eigenvalue weighted by Crippen LogP contribution is 2.37. The first-order valence-corrected chi connectivity index (χ1v) is 9.74. The van der Waals surface area contributed by atoms with Crippen LogP contribution in [-0.2, 0) is 12.8 Å². The van der Waals surface area contributed by atoms with Gasteiger partial charge in [-0.15, -0.1) is 10.2 Å². The molecule has 1 aliphatic rings. The molecule has 7 heteroatoms. The van der Waals surface area contributed by atoms with Gasteiger partial charge in [0.1, 0.15) is 5.75 Å². The van der Waals surface area contributed by atoms with E-state index in [1.165, 1.54) is 29.0 Å². The standard InChI is InChI=1S/C23H22N4O3/c1-3-26-22-13-6-17(16-4-11-21(30-2)12-5-16)14-18(22)15-23(26)25-24-19-7-9-20(10-8-19)27(28)29/h3-5,7-12,15,17H,1,6,13-14H2,2H3. The fraction of sp³-hybridized carbons (Fsp3) is 0.217. The van der Waals surface area contributed by atoms with E-state index in [4.69, 9.17) is 4.74 Å². The number of azo groups is 1. The number of aromatic nitrogens is 1. The number of nitro benzene ring substituents is 1. The van der Waals surface area contributed by atoms with E-state index >= 15 is 0 Å². The predicted molar refractivity (Wildman–Crippen MR) is 116 cm³/mol. The van der Waals surface area contributed by atoms with E-state index in [0.717, 1.165) is 25.0 Å². The minimum absolute atomic E-state index is 0.0310. The van der Waals surface area contributed by atoms with Crippen LogP contribution in [0.25, 0.3) is 6.20 Å². The highest BCUT2D eigenvalue weighted by molar-refractivity contribution is 5.51. The Morgan fingerprint density at radius 3 is 2.53 bits per heavy atom. The number of hydrogen-bond acceptors (Lipinski definition) is 5. The third kappa shape index (κ3) is 3.87. The van der Waals surface area contributed by atoms with Crippen molar-refractivity contribution in [1.82, 2.24) is 4.57 Å². The zero-order valence-electron chi connectivity index (χ0n) is 16.7. The molecule has 7 nitrogen and oxygen atoms in total. The number of benzene rings is 2. The summed E-state index contributed by atoms with van der Waals surface area (Å²) in [5.74, 6) is 2.02. The maximum atomic E-state index is 10.8. The van der Waals surface area contributed by atoms with E-state index in [9.17, 15) is 10.1 Å². The normalized spacial score (nSPS) is 15.7. The molecular weight excluding hydrogens is 380 g/mol. The minimum atomic E-state index is -0.433. The number of hydrogen-bond donors (Lipinski definition) is 0. The van der Waals surface area contributed by atoms with Gasteiger partial charge >= 0.3 is 0 Å². The van der Waals surface area contributed by atoms with Gasteiger partial charge in [-0.3, -0.25) is 10.1 Å². The first-order chi connectivity index (χ1) is 14.6. The second-order valence-corrected chi connectivity index (χ2v) is 7.21. The SMILES string of the molecule is C=Cn1c(N=Nc2ccc([N+](=O)[O-])cc2)cc2c1CCC(c1ccc(OC)cc1)C2. The first kappa shape index (κ1) is 19.6. The Kier molecular flexibility index (Phi) is 5.43. The van der Waals surface area contributed by atoms with E-state index in [1.807, 2.05) is 16.7 Å². The molecule has 1 unspecified atom stereocenters. The highest BCUT2D eigenvalue weighted by Gasteiger charge is 2.24. The Morgan fingerprint density at radius 2 is 1.90 bits per heavy atom. The monoisotopic (exact) mass is 402 g/mol. The number of fused-ring (bicyclic) bond motifs is 1. The number of ether oxygens (including phenoxy) is 1. The first-order valence-electron chi connectivity index (χ1n) is 9.74. The molecule has 0 amide bonds. The fourth-order valence-corrected chi connectivity index (χ4v) is 3.93. The van der Waals surface area contributed by atoms with Gasteiger partial charge in [-0.1, -0.05) is 18.7 Å². The number of non-ortho nitro benzene ring substituents is 1. The number of nitrogens with zero attached hydrogens (tertiary/aromatic N) is 4. The summed E-state index contributed by atoms with van der Waals surface area (Å²) in [5, 5.41) is 19.4. The second-order valence-electron chi connectivity index (χ2n) is 7.21. The molecule has 0 bridgehead atoms. The van der Waals surface area contributed by atoms with E-state index in [1.54, 1.807) is 25.4 Å². The van der Waals surface area contributed by atoms with Gasteiger partial charge in [0, 0.05) is 24.0 Å². The summed E-state index contributed by atoms with van der Waals surface area (Å²) >= 11 is 0. The van der Waals surface area contributed by atoms with Crippen molar-refractivity contribution in [1.29, 1.82) is 0 Å². The van der Waals surface area contributed by atoms with Crippen LogP contribution < -0.4 is 4.74 Å². The van der Waals surface area contributed by atoms with Gasteiger partial charge in [0.05, 0.1) is 17.7 Å². The molecule has 0 radical (unpaired) electrons. The molecule has 0 spiro atoms. The van der Waals surface area contributed by atoms with E-state index in [0.29, 0.717) is 17.4 Å². The van der Waals surface area contributed by atoms with E-state index < -0.39 is 4.92 Å². The van der Waals surface area contributed by atoms with Crippen molar-refractivity contribution in [2.45, 2.75) is 25.2 Å². The summed E-state index contributed by atoms with van der Waals surface area (Å²) in [6.45, 7) is 3.93. The van der Waals surface area contributed by atoms with Gasteiger partial charge < -0.3 is 9.30 Å². The molecule has 0 N–H and O–H groups in total. The van der Waals surface area contributed by atoms with Crippen LogP contribution in [0, 0.1) is 10.1 Å². The third-order valence-electron chi connectivity index (χ3n) is 5.51. The quantitative estimate of drug-likeness (QED) is 0.280.